The van der Waals surface area contributed by atoms with Gasteiger partial charge in [0.05, 0.1) is 5.69 Å². The van der Waals surface area contributed by atoms with Gasteiger partial charge < -0.3 is 19.0 Å². The first-order valence-electron chi connectivity index (χ1n) is 23.4. The van der Waals surface area contributed by atoms with Crippen LogP contribution in [0.2, 0.25) is 13.1 Å². The van der Waals surface area contributed by atoms with Crippen molar-refractivity contribution in [3.05, 3.63) is 180 Å². The van der Waals surface area contributed by atoms with Crippen LogP contribution in [-0.4, -0.2) is 14.9 Å². The fraction of sp³-hybridized carbons (Fsp3) is 0.186. The van der Waals surface area contributed by atoms with Gasteiger partial charge in [-0.2, -0.15) is 0 Å². The third kappa shape index (κ3) is 5.32. The van der Waals surface area contributed by atoms with Crippen molar-refractivity contribution >= 4 is 104 Å². The van der Waals surface area contributed by atoms with E-state index in [1.807, 2.05) is 0 Å². The van der Waals surface area contributed by atoms with Crippen LogP contribution < -0.4 is 35.9 Å². The summed E-state index contributed by atoms with van der Waals surface area (Å²) in [4.78, 5) is 7.80. The summed E-state index contributed by atoms with van der Waals surface area (Å²) in [6, 6.07) is 61.7. The van der Waals surface area contributed by atoms with Gasteiger partial charge in [-0.15, -0.1) is 0 Å². The van der Waals surface area contributed by atoms with E-state index in [1.54, 1.807) is 0 Å². The van der Waals surface area contributed by atoms with E-state index >= 15 is 0 Å². The molecule has 4 nitrogen and oxygen atoms in total. The third-order valence-corrected chi connectivity index (χ3v) is 19.3. The van der Waals surface area contributed by atoms with E-state index in [0.29, 0.717) is 0 Å². The molecule has 4 aliphatic rings. The van der Waals surface area contributed by atoms with Gasteiger partial charge in [0.15, 0.2) is 5.58 Å². The average molecular weight is 858 g/mol. The van der Waals surface area contributed by atoms with Gasteiger partial charge in [-0.05, 0) is 129 Å². The molecule has 0 radical (unpaired) electrons. The summed E-state index contributed by atoms with van der Waals surface area (Å²) in [7, 11) is -2.14. The number of furan rings is 1. The second kappa shape index (κ2) is 13.4. The molecule has 0 amide bonds. The number of nitrogens with zero attached hydrogens (tertiary/aromatic N) is 3. The van der Waals surface area contributed by atoms with Crippen molar-refractivity contribution < 1.29 is 4.42 Å². The minimum absolute atomic E-state index is 0.0159. The summed E-state index contributed by atoms with van der Waals surface area (Å²) in [5.74, 6) is 0. The number of benzene rings is 8. The van der Waals surface area contributed by atoms with Crippen LogP contribution in [0, 0.1) is 6.92 Å². The van der Waals surface area contributed by atoms with E-state index in [9.17, 15) is 0 Å². The first-order chi connectivity index (χ1) is 31.4. The molecule has 3 aliphatic heterocycles. The van der Waals surface area contributed by atoms with Crippen LogP contribution >= 0.6 is 0 Å². The first kappa shape index (κ1) is 38.7. The van der Waals surface area contributed by atoms with E-state index < -0.39 is 8.07 Å². The molecule has 13 rings (SSSR count). The molecule has 65 heavy (non-hydrogen) atoms. The van der Waals surface area contributed by atoms with Crippen LogP contribution in [0.25, 0.3) is 33.1 Å². The van der Waals surface area contributed by atoms with Crippen molar-refractivity contribution in [3.63, 3.8) is 0 Å². The Morgan fingerprint density at radius 3 is 1.94 bits per heavy atom. The highest BCUT2D eigenvalue weighted by atomic mass is 28.3. The number of para-hydroxylation sites is 5. The van der Waals surface area contributed by atoms with E-state index in [-0.39, 0.29) is 17.7 Å². The Kier molecular flexibility index (Phi) is 7.97. The predicted molar refractivity (Wildman–Crippen MR) is 279 cm³/mol. The molecular weight excluding hydrogens is 806 g/mol. The Morgan fingerprint density at radius 1 is 0.554 bits per heavy atom. The molecule has 316 valence electrons. The normalized spacial score (nSPS) is 16.7. The molecule has 0 N–H and O–H groups in total. The predicted octanol–water partition coefficient (Wildman–Crippen LogP) is 13.6. The Morgan fingerprint density at radius 2 is 1.20 bits per heavy atom. The molecular formula is C59H52BN3OSi. The highest BCUT2D eigenvalue weighted by molar-refractivity contribution is 7.05. The molecule has 1 aromatic heterocycles. The van der Waals surface area contributed by atoms with E-state index in [1.165, 1.54) is 78.3 Å². The lowest BCUT2D eigenvalue weighted by Gasteiger charge is -2.51. The number of hydrogen-bond acceptors (Lipinski definition) is 4. The minimum atomic E-state index is -2.14. The molecule has 6 heteroatoms. The Balaban J connectivity index is 1.22. The maximum absolute atomic E-state index is 7.22. The Bertz CT molecular complexity index is 3420. The van der Waals surface area contributed by atoms with Gasteiger partial charge in [0.1, 0.15) is 13.7 Å². The number of aryl methyl sites for hydroxylation is 1. The van der Waals surface area contributed by atoms with Gasteiger partial charge in [0, 0.05) is 56.1 Å². The third-order valence-electron chi connectivity index (χ3n) is 15.8. The summed E-state index contributed by atoms with van der Waals surface area (Å²) in [6.07, 6.45) is 2.31. The van der Waals surface area contributed by atoms with Crippen molar-refractivity contribution in [2.24, 2.45) is 0 Å². The fourth-order valence-electron chi connectivity index (χ4n) is 12.3. The van der Waals surface area contributed by atoms with Crippen molar-refractivity contribution in [1.29, 1.82) is 0 Å². The molecule has 1 aliphatic carbocycles. The smallest absolute Gasteiger partial charge is 0.333 e. The lowest BCUT2D eigenvalue weighted by Crippen LogP contribution is -2.68. The quantitative estimate of drug-likeness (QED) is 0.165. The average Bonchev–Trinajstić information content (AvgIpc) is 3.70. The number of hydrogen-bond donors (Lipinski definition) is 0. The second-order valence-electron chi connectivity index (χ2n) is 20.8. The van der Waals surface area contributed by atoms with E-state index in [4.69, 9.17) is 4.42 Å². The zero-order chi connectivity index (χ0) is 44.1. The van der Waals surface area contributed by atoms with E-state index in [2.05, 4.69) is 226 Å². The van der Waals surface area contributed by atoms with Crippen molar-refractivity contribution in [2.45, 2.75) is 71.4 Å². The van der Waals surface area contributed by atoms with E-state index in [0.717, 1.165) is 51.1 Å². The van der Waals surface area contributed by atoms with Crippen LogP contribution in [0.15, 0.2) is 168 Å². The molecule has 0 atom stereocenters. The van der Waals surface area contributed by atoms with Crippen LogP contribution in [0.3, 0.4) is 0 Å². The number of rotatable bonds is 4. The van der Waals surface area contributed by atoms with Crippen LogP contribution in [0.5, 0.6) is 0 Å². The summed E-state index contributed by atoms with van der Waals surface area (Å²) >= 11 is 0. The van der Waals surface area contributed by atoms with Gasteiger partial charge in [0.25, 0.3) is 0 Å². The second-order valence-corrected chi connectivity index (χ2v) is 25.1. The Hall–Kier alpha value is -6.76. The van der Waals surface area contributed by atoms with Crippen molar-refractivity contribution in [1.82, 2.24) is 0 Å². The summed E-state index contributed by atoms with van der Waals surface area (Å²) in [5.41, 5.74) is 20.9. The van der Waals surface area contributed by atoms with Crippen LogP contribution in [-0.2, 0) is 10.8 Å². The van der Waals surface area contributed by atoms with Gasteiger partial charge in [-0.25, -0.2) is 0 Å². The summed E-state index contributed by atoms with van der Waals surface area (Å²) in [5, 5.41) is 5.25. The van der Waals surface area contributed by atoms with Gasteiger partial charge in [0.2, 0.25) is 0 Å². The highest BCUT2D eigenvalue weighted by Gasteiger charge is 2.52. The zero-order valence-electron chi connectivity index (χ0n) is 38.3. The molecule has 4 heterocycles. The lowest BCUT2D eigenvalue weighted by molar-refractivity contribution is 0.332. The van der Waals surface area contributed by atoms with Gasteiger partial charge in [-0.3, -0.25) is 0 Å². The number of fused-ring (bicyclic) bond motifs is 11. The topological polar surface area (TPSA) is 22.9 Å². The maximum atomic E-state index is 7.22. The SMILES string of the molecule is Cc1cc2c(cc1N1c3cc(N(c4ccccc4)c4ccccc4)cc4c3B(c3ccc5c(oc6ccccc65)c31)N1c3ccccc3[Si](C)(C)c3cccc-4c31)C(C)(C)CCC2(C)C. The van der Waals surface area contributed by atoms with Gasteiger partial charge >= 0.3 is 6.85 Å². The standard InChI is InChI=1S/C59H52BN3OSi/c1-37-33-45-46(59(4,5)32-31-58(45,2)3)36-49(37)62-50-35-40(61(38-19-10-8-11-20-38)39-21-12-9-13-22-39)34-44-42-24-18-28-53-55(42)63(48-25-15-17-27-52(48)65(53,6)7)60(54(44)50)47-30-29-43-41-23-14-16-26-51(41)64-57(43)56(47)62/h8-30,33-36H,31-32H2,1-7H3. The monoisotopic (exact) mass is 857 g/mol. The van der Waals surface area contributed by atoms with Crippen LogP contribution in [0.4, 0.5) is 45.5 Å². The lowest BCUT2D eigenvalue weighted by atomic mass is 9.43. The fourth-order valence-corrected chi connectivity index (χ4v) is 15.3. The number of anilines is 8. The Labute approximate surface area is 383 Å². The first-order valence-corrected chi connectivity index (χ1v) is 26.4. The molecule has 0 unspecified atom stereocenters. The molecule has 0 spiro atoms. The molecule has 8 aromatic carbocycles. The molecule has 0 saturated carbocycles. The highest BCUT2D eigenvalue weighted by Crippen LogP contribution is 2.54. The van der Waals surface area contributed by atoms with Crippen LogP contribution in [0.1, 0.15) is 57.2 Å². The van der Waals surface area contributed by atoms with Gasteiger partial charge in [-0.1, -0.05) is 150 Å². The molecule has 0 fully saturated rings. The largest absolute Gasteiger partial charge is 0.454 e. The summed E-state index contributed by atoms with van der Waals surface area (Å²) in [6.45, 7) is 17.1. The molecule has 0 bridgehead atoms. The maximum Gasteiger partial charge on any atom is 0.333 e. The molecule has 9 aromatic rings. The summed E-state index contributed by atoms with van der Waals surface area (Å²) < 4.78 is 7.22. The zero-order valence-corrected chi connectivity index (χ0v) is 39.3. The molecule has 0 saturated heterocycles. The minimum Gasteiger partial charge on any atom is -0.454 e. The van der Waals surface area contributed by atoms with Crippen molar-refractivity contribution in [2.75, 3.05) is 14.6 Å². The van der Waals surface area contributed by atoms with Crippen molar-refractivity contribution in [3.8, 4) is 11.1 Å².